The second-order valence-electron chi connectivity index (χ2n) is 10.0. The maximum absolute atomic E-state index is 5.14. The first-order valence-electron chi connectivity index (χ1n) is 12.9. The van der Waals surface area contributed by atoms with E-state index in [1.54, 1.807) is 13.4 Å². The van der Waals surface area contributed by atoms with E-state index in [0.29, 0.717) is 11.9 Å². The van der Waals surface area contributed by atoms with Crippen molar-refractivity contribution in [1.29, 1.82) is 0 Å². The molecule has 2 aromatic rings. The smallest absolute Gasteiger partial charge is 0.278 e. The average Bonchev–Trinajstić information content (AvgIpc) is 3.18. The Bertz CT molecular complexity index is 1070. The van der Waals surface area contributed by atoms with Gasteiger partial charge in [-0.2, -0.15) is 4.98 Å². The molecule has 2 heterocycles. The molecule has 35 heavy (non-hydrogen) atoms. The normalized spacial score (nSPS) is 13.1. The number of hydrogen-bond acceptors (Lipinski definition) is 4. The minimum atomic E-state index is 0.304. The van der Waals surface area contributed by atoms with E-state index in [1.807, 2.05) is 0 Å². The summed E-state index contributed by atoms with van der Waals surface area (Å²) in [5.41, 5.74) is 10.5. The summed E-state index contributed by atoms with van der Waals surface area (Å²) >= 11 is 0. The summed E-state index contributed by atoms with van der Waals surface area (Å²) in [6.07, 6.45) is 19.9. The summed E-state index contributed by atoms with van der Waals surface area (Å²) in [5.74, 6) is 0.683. The fourth-order valence-corrected chi connectivity index (χ4v) is 4.01. The summed E-state index contributed by atoms with van der Waals surface area (Å²) in [6.45, 7) is 16.1. The van der Waals surface area contributed by atoms with Crippen LogP contribution in [0.25, 0.3) is 11.2 Å². The van der Waals surface area contributed by atoms with Gasteiger partial charge >= 0.3 is 5.65 Å². The third-order valence-corrected chi connectivity index (χ3v) is 6.14. The molecule has 0 saturated carbocycles. The van der Waals surface area contributed by atoms with Crippen LogP contribution < -0.4 is 10.0 Å². The maximum atomic E-state index is 5.14. The Morgan fingerprint density at radius 2 is 1.49 bits per heavy atom. The predicted molar refractivity (Wildman–Crippen MR) is 147 cm³/mol. The highest BCUT2D eigenvalue weighted by atomic mass is 16.6. The quantitative estimate of drug-likeness (QED) is 0.174. The zero-order chi connectivity index (χ0) is 25.8. The van der Waals surface area contributed by atoms with Crippen molar-refractivity contribution in [2.24, 2.45) is 0 Å². The van der Waals surface area contributed by atoms with E-state index in [2.05, 4.69) is 104 Å². The van der Waals surface area contributed by atoms with Gasteiger partial charge < -0.3 is 0 Å². The van der Waals surface area contributed by atoms with Crippen LogP contribution in [-0.2, 0) is 11.4 Å². The highest BCUT2D eigenvalue weighted by Crippen LogP contribution is 2.20. The van der Waals surface area contributed by atoms with E-state index in [-0.39, 0.29) is 0 Å². The Kier molecular flexibility index (Phi) is 11.9. The van der Waals surface area contributed by atoms with Crippen molar-refractivity contribution in [1.82, 2.24) is 14.5 Å². The van der Waals surface area contributed by atoms with E-state index >= 15 is 0 Å². The van der Waals surface area contributed by atoms with Gasteiger partial charge in [0.2, 0.25) is 5.52 Å². The van der Waals surface area contributed by atoms with Crippen LogP contribution in [0, 0.1) is 0 Å². The van der Waals surface area contributed by atoms with Crippen LogP contribution in [-0.4, -0.2) is 21.6 Å². The SMILES string of the molecule is CONc1ncnc2c1n(C/C=C(\C)CC/C=C(\C)CC/C=C(\C)CCC=C(C)C)c[n+]2C(C)C. The van der Waals surface area contributed by atoms with Gasteiger partial charge in [0.15, 0.2) is 18.5 Å². The number of anilines is 1. The molecule has 0 aliphatic heterocycles. The Labute approximate surface area is 212 Å². The van der Waals surface area contributed by atoms with Gasteiger partial charge in [-0.15, -0.1) is 0 Å². The second-order valence-corrected chi connectivity index (χ2v) is 10.0. The summed E-state index contributed by atoms with van der Waals surface area (Å²) in [7, 11) is 1.60. The zero-order valence-electron chi connectivity index (χ0n) is 23.2. The molecule has 192 valence electrons. The number of nitrogens with zero attached hydrogens (tertiary/aromatic N) is 4. The fraction of sp³-hybridized carbons (Fsp3) is 0.552. The first-order chi connectivity index (χ1) is 16.7. The Morgan fingerprint density at radius 3 is 2.03 bits per heavy atom. The van der Waals surface area contributed by atoms with Gasteiger partial charge in [-0.25, -0.2) is 10.0 Å². The molecule has 0 fully saturated rings. The molecule has 6 heteroatoms. The van der Waals surface area contributed by atoms with Crippen LogP contribution in [0.5, 0.6) is 0 Å². The number of imidazole rings is 1. The molecule has 1 N–H and O–H groups in total. The molecule has 2 aromatic heterocycles. The highest BCUT2D eigenvalue weighted by molar-refractivity contribution is 5.80. The number of fused-ring (bicyclic) bond motifs is 1. The van der Waals surface area contributed by atoms with E-state index < -0.39 is 0 Å². The molecule has 6 nitrogen and oxygen atoms in total. The van der Waals surface area contributed by atoms with Crippen LogP contribution in [0.4, 0.5) is 5.82 Å². The summed E-state index contributed by atoms with van der Waals surface area (Å²) in [6, 6.07) is 0.304. The van der Waals surface area contributed by atoms with Gasteiger partial charge in [-0.1, -0.05) is 51.6 Å². The van der Waals surface area contributed by atoms with E-state index in [4.69, 9.17) is 4.84 Å². The number of nitrogens with one attached hydrogen (secondary N) is 1. The number of rotatable bonds is 14. The molecular weight excluding hydrogens is 434 g/mol. The third kappa shape index (κ3) is 9.44. The number of hydrogen-bond donors (Lipinski definition) is 1. The third-order valence-electron chi connectivity index (χ3n) is 6.14. The van der Waals surface area contributed by atoms with Crippen LogP contribution in [0.3, 0.4) is 0 Å². The van der Waals surface area contributed by atoms with Gasteiger partial charge in [0.05, 0.1) is 19.7 Å². The second kappa shape index (κ2) is 14.6. The number of allylic oxidation sites excluding steroid dienone is 8. The van der Waals surface area contributed by atoms with E-state index in [9.17, 15) is 0 Å². The highest BCUT2D eigenvalue weighted by Gasteiger charge is 2.22. The molecule has 0 amide bonds. The van der Waals surface area contributed by atoms with E-state index in [1.165, 1.54) is 28.7 Å². The monoisotopic (exact) mass is 480 g/mol. The molecule has 0 bridgehead atoms. The molecule has 2 rings (SSSR count). The molecular formula is C29H46N5O+. The lowest BCUT2D eigenvalue weighted by Crippen LogP contribution is -2.35. The van der Waals surface area contributed by atoms with E-state index in [0.717, 1.165) is 49.8 Å². The van der Waals surface area contributed by atoms with Gasteiger partial charge in [-0.05, 0) is 87.0 Å². The van der Waals surface area contributed by atoms with Crippen molar-refractivity contribution >= 4 is 17.0 Å². The van der Waals surface area contributed by atoms with Crippen LogP contribution in [0.15, 0.2) is 59.3 Å². The van der Waals surface area contributed by atoms with Gasteiger partial charge in [0.1, 0.15) is 0 Å². The molecule has 0 saturated heterocycles. The molecule has 0 spiro atoms. The molecule has 0 unspecified atom stereocenters. The maximum Gasteiger partial charge on any atom is 0.307 e. The molecule has 0 aliphatic rings. The lowest BCUT2D eigenvalue weighted by molar-refractivity contribution is -0.693. The first-order valence-corrected chi connectivity index (χ1v) is 12.9. The van der Waals surface area contributed by atoms with Crippen molar-refractivity contribution in [2.75, 3.05) is 12.6 Å². The van der Waals surface area contributed by atoms with Gasteiger partial charge in [-0.3, -0.25) is 9.40 Å². The largest absolute Gasteiger partial charge is 0.307 e. The van der Waals surface area contributed by atoms with Crippen LogP contribution in [0.1, 0.15) is 93.0 Å². The Hall–Kier alpha value is -2.73. The lowest BCUT2D eigenvalue weighted by Gasteiger charge is -2.04. The molecule has 0 radical (unpaired) electrons. The van der Waals surface area contributed by atoms with Gasteiger partial charge in [0, 0.05) is 0 Å². The van der Waals surface area contributed by atoms with Crippen molar-refractivity contribution in [3.63, 3.8) is 0 Å². The average molecular weight is 481 g/mol. The fourth-order valence-electron chi connectivity index (χ4n) is 4.01. The minimum Gasteiger partial charge on any atom is -0.278 e. The van der Waals surface area contributed by atoms with Crippen molar-refractivity contribution in [2.45, 2.75) is 99.6 Å². The Morgan fingerprint density at radius 1 is 0.914 bits per heavy atom. The minimum absolute atomic E-state index is 0.304. The zero-order valence-corrected chi connectivity index (χ0v) is 23.2. The lowest BCUT2D eigenvalue weighted by atomic mass is 10.0. The van der Waals surface area contributed by atoms with Crippen LogP contribution >= 0.6 is 0 Å². The molecule has 0 aliphatic carbocycles. The number of aromatic nitrogens is 4. The predicted octanol–water partition coefficient (Wildman–Crippen LogP) is 7.42. The van der Waals surface area contributed by atoms with Crippen molar-refractivity contribution in [3.8, 4) is 0 Å². The molecule has 0 atom stereocenters. The van der Waals surface area contributed by atoms with Crippen molar-refractivity contribution < 1.29 is 9.40 Å². The summed E-state index contributed by atoms with van der Waals surface area (Å²) < 4.78 is 4.36. The summed E-state index contributed by atoms with van der Waals surface area (Å²) in [4.78, 5) is 14.0. The van der Waals surface area contributed by atoms with Gasteiger partial charge in [0.25, 0.3) is 0 Å². The van der Waals surface area contributed by atoms with Crippen LogP contribution in [0.2, 0.25) is 0 Å². The first kappa shape index (κ1) is 28.5. The molecule has 0 aromatic carbocycles. The summed E-state index contributed by atoms with van der Waals surface area (Å²) in [5, 5.41) is 0. The Balaban J connectivity index is 1.93. The standard InChI is InChI=1S/C29H46N5O/c1-22(2)12-9-13-24(5)14-10-15-25(6)16-11-17-26(7)18-19-33-21-34(23(3)4)29-27(33)28(32-35-8)30-20-31-29/h12,14,16,18,20-21,23H,9-11,13,15,17,19H2,1-8H3,(H,30,31,32)/q+1/b24-14+,25-16+,26-18+. The van der Waals surface area contributed by atoms with Crippen molar-refractivity contribution in [3.05, 3.63) is 59.3 Å². The topological polar surface area (TPSA) is 55.9 Å².